The summed E-state index contributed by atoms with van der Waals surface area (Å²) >= 11 is 0. The molecule has 5 aliphatic rings. The van der Waals surface area contributed by atoms with Gasteiger partial charge in [-0.05, 0) is 74.5 Å². The third-order valence-electron chi connectivity index (χ3n) is 6.74. The Morgan fingerprint density at radius 1 is 0.842 bits per heavy atom. The molecule has 0 aliphatic heterocycles. The lowest BCUT2D eigenvalue weighted by molar-refractivity contribution is -0.0516. The fraction of sp³-hybridized carbons (Fsp3) is 1.00. The van der Waals surface area contributed by atoms with Crippen molar-refractivity contribution in [2.45, 2.75) is 69.7 Å². The topological polar surface area (TPSA) is 38.0 Å². The fourth-order valence-electron chi connectivity index (χ4n) is 6.34. The molecule has 0 aromatic rings. The average Bonchev–Trinajstić information content (AvgIpc) is 2.74. The first-order valence-corrected chi connectivity index (χ1v) is 8.64. The highest BCUT2D eigenvalue weighted by Crippen LogP contribution is 2.59. The van der Waals surface area contributed by atoms with Crippen LogP contribution in [0.2, 0.25) is 0 Å². The van der Waals surface area contributed by atoms with Crippen LogP contribution in [0.4, 0.5) is 0 Å². The lowest BCUT2D eigenvalue weighted by Crippen LogP contribution is -2.53. The van der Waals surface area contributed by atoms with Crippen molar-refractivity contribution < 1.29 is 0 Å². The summed E-state index contributed by atoms with van der Waals surface area (Å²) in [5.74, 6) is 3.23. The fourth-order valence-corrected chi connectivity index (χ4v) is 6.34. The van der Waals surface area contributed by atoms with E-state index in [0.29, 0.717) is 5.41 Å². The average molecular weight is 262 g/mol. The maximum absolute atomic E-state index is 6.47. The van der Waals surface area contributed by atoms with E-state index in [2.05, 4.69) is 5.32 Å². The van der Waals surface area contributed by atoms with E-state index in [9.17, 15) is 0 Å². The van der Waals surface area contributed by atoms with E-state index in [1.165, 1.54) is 51.5 Å². The lowest BCUT2D eigenvalue weighted by atomic mass is 9.49. The summed E-state index contributed by atoms with van der Waals surface area (Å²) in [6.07, 6.45) is 14.4. The van der Waals surface area contributed by atoms with E-state index in [1.807, 2.05) is 0 Å². The highest BCUT2D eigenvalue weighted by molar-refractivity contribution is 5.03. The van der Waals surface area contributed by atoms with Crippen molar-refractivity contribution in [2.24, 2.45) is 28.9 Å². The Bertz CT molecular complexity index is 308. The molecule has 0 radical (unpaired) electrons. The van der Waals surface area contributed by atoms with Gasteiger partial charge in [0.1, 0.15) is 0 Å². The van der Waals surface area contributed by atoms with Gasteiger partial charge >= 0.3 is 0 Å². The van der Waals surface area contributed by atoms with E-state index in [-0.39, 0.29) is 5.54 Å². The molecule has 0 spiro atoms. The predicted octanol–water partition coefficient (Wildman–Crippen LogP) is 3.06. The van der Waals surface area contributed by atoms with Gasteiger partial charge in [-0.2, -0.15) is 0 Å². The first kappa shape index (κ1) is 12.6. The summed E-state index contributed by atoms with van der Waals surface area (Å²) in [5.41, 5.74) is 7.27. The molecular weight excluding hydrogens is 232 g/mol. The minimum Gasteiger partial charge on any atom is -0.324 e. The molecule has 3 N–H and O–H groups in total. The summed E-state index contributed by atoms with van der Waals surface area (Å²) in [7, 11) is 0. The van der Waals surface area contributed by atoms with Crippen molar-refractivity contribution in [3.63, 3.8) is 0 Å². The van der Waals surface area contributed by atoms with E-state index < -0.39 is 0 Å². The molecule has 0 amide bonds. The Morgan fingerprint density at radius 2 is 1.37 bits per heavy atom. The molecule has 0 unspecified atom stereocenters. The molecule has 0 aromatic heterocycles. The number of hydrogen-bond donors (Lipinski definition) is 2. The second-order valence-corrected chi connectivity index (χ2v) is 8.59. The van der Waals surface area contributed by atoms with Crippen LogP contribution in [0.5, 0.6) is 0 Å². The molecule has 0 heterocycles. The smallest absolute Gasteiger partial charge is 0.0280 e. The van der Waals surface area contributed by atoms with E-state index in [4.69, 9.17) is 5.73 Å². The summed E-state index contributed by atoms with van der Waals surface area (Å²) < 4.78 is 0. The van der Waals surface area contributed by atoms with Crippen LogP contribution in [-0.2, 0) is 0 Å². The van der Waals surface area contributed by atoms with E-state index in [1.54, 1.807) is 19.3 Å². The van der Waals surface area contributed by atoms with Crippen LogP contribution < -0.4 is 11.1 Å². The Labute approximate surface area is 117 Å². The predicted molar refractivity (Wildman–Crippen MR) is 78.9 cm³/mol. The molecule has 0 atom stereocenters. The van der Waals surface area contributed by atoms with Gasteiger partial charge in [0.05, 0.1) is 0 Å². The molecule has 5 fully saturated rings. The number of hydrogen-bond acceptors (Lipinski definition) is 2. The molecule has 2 heteroatoms. The molecular formula is C17H30N2. The largest absolute Gasteiger partial charge is 0.324 e. The summed E-state index contributed by atoms with van der Waals surface area (Å²) in [6.45, 7) is 2.32. The molecule has 0 aromatic carbocycles. The van der Waals surface area contributed by atoms with Crippen LogP contribution in [0, 0.1) is 23.2 Å². The van der Waals surface area contributed by atoms with Crippen molar-refractivity contribution in [1.29, 1.82) is 0 Å². The van der Waals surface area contributed by atoms with Gasteiger partial charge in [0.2, 0.25) is 0 Å². The van der Waals surface area contributed by atoms with Gasteiger partial charge in [-0.15, -0.1) is 0 Å². The third-order valence-corrected chi connectivity index (χ3v) is 6.74. The zero-order valence-corrected chi connectivity index (χ0v) is 12.3. The monoisotopic (exact) mass is 262 g/mol. The van der Waals surface area contributed by atoms with Gasteiger partial charge < -0.3 is 11.1 Å². The number of nitrogens with two attached hydrogens (primary N) is 1. The van der Waals surface area contributed by atoms with Gasteiger partial charge in [-0.1, -0.05) is 12.8 Å². The van der Waals surface area contributed by atoms with Gasteiger partial charge in [0.15, 0.2) is 0 Å². The lowest BCUT2D eigenvalue weighted by Gasteiger charge is -2.57. The molecule has 19 heavy (non-hydrogen) atoms. The minimum atomic E-state index is 0.127. The van der Waals surface area contributed by atoms with Crippen LogP contribution in [0.15, 0.2) is 0 Å². The molecule has 5 saturated carbocycles. The van der Waals surface area contributed by atoms with E-state index in [0.717, 1.165) is 24.3 Å². The Balaban J connectivity index is 1.35. The van der Waals surface area contributed by atoms with Crippen molar-refractivity contribution in [3.8, 4) is 0 Å². The SMILES string of the molecule is NC1(CNCC23CC4CC(CC(C4)C2)C3)CCCC1. The van der Waals surface area contributed by atoms with E-state index >= 15 is 0 Å². The summed E-state index contributed by atoms with van der Waals surface area (Å²) in [5, 5.41) is 3.80. The minimum absolute atomic E-state index is 0.127. The highest BCUT2D eigenvalue weighted by atomic mass is 15.0. The normalized spacial score (nSPS) is 46.9. The molecule has 5 rings (SSSR count). The Hall–Kier alpha value is -0.0800. The molecule has 2 nitrogen and oxygen atoms in total. The number of nitrogens with one attached hydrogen (secondary N) is 1. The first-order chi connectivity index (χ1) is 9.15. The Morgan fingerprint density at radius 3 is 1.89 bits per heavy atom. The third kappa shape index (κ3) is 2.35. The van der Waals surface area contributed by atoms with Gasteiger partial charge in [0, 0.05) is 18.6 Å². The molecule has 5 aliphatic carbocycles. The maximum atomic E-state index is 6.47. The van der Waals surface area contributed by atoms with Crippen molar-refractivity contribution in [1.82, 2.24) is 5.32 Å². The van der Waals surface area contributed by atoms with Crippen LogP contribution in [0.25, 0.3) is 0 Å². The van der Waals surface area contributed by atoms with Crippen LogP contribution in [0.1, 0.15) is 64.2 Å². The number of rotatable bonds is 4. The maximum Gasteiger partial charge on any atom is 0.0280 e. The zero-order chi connectivity index (χ0) is 12.9. The summed E-state index contributed by atoms with van der Waals surface area (Å²) in [6, 6.07) is 0. The quantitative estimate of drug-likeness (QED) is 0.817. The standard InChI is InChI=1S/C17H30N2/c18-17(3-1-2-4-17)12-19-11-16-8-13-5-14(9-16)7-15(6-13)10-16/h13-15,19H,1-12,18H2. The van der Waals surface area contributed by atoms with Crippen LogP contribution >= 0.6 is 0 Å². The van der Waals surface area contributed by atoms with Crippen molar-refractivity contribution in [3.05, 3.63) is 0 Å². The first-order valence-electron chi connectivity index (χ1n) is 8.64. The van der Waals surface area contributed by atoms with Crippen LogP contribution in [0.3, 0.4) is 0 Å². The molecule has 108 valence electrons. The second-order valence-electron chi connectivity index (χ2n) is 8.59. The van der Waals surface area contributed by atoms with Gasteiger partial charge in [0.25, 0.3) is 0 Å². The molecule has 0 saturated heterocycles. The molecule has 4 bridgehead atoms. The van der Waals surface area contributed by atoms with Crippen molar-refractivity contribution in [2.75, 3.05) is 13.1 Å². The Kier molecular flexibility index (Phi) is 2.97. The summed E-state index contributed by atoms with van der Waals surface area (Å²) in [4.78, 5) is 0. The van der Waals surface area contributed by atoms with Gasteiger partial charge in [-0.3, -0.25) is 0 Å². The van der Waals surface area contributed by atoms with Gasteiger partial charge in [-0.25, -0.2) is 0 Å². The second kappa shape index (κ2) is 4.46. The highest BCUT2D eigenvalue weighted by Gasteiger charge is 2.50. The zero-order valence-electron chi connectivity index (χ0n) is 12.3. The van der Waals surface area contributed by atoms with Crippen molar-refractivity contribution >= 4 is 0 Å². The van der Waals surface area contributed by atoms with Crippen LogP contribution in [-0.4, -0.2) is 18.6 Å².